The summed E-state index contributed by atoms with van der Waals surface area (Å²) in [6, 6.07) is 1.42. The molecule has 2 nitrogen and oxygen atoms in total. The van der Waals surface area contributed by atoms with E-state index in [9.17, 15) is 0 Å². The highest BCUT2D eigenvalue weighted by atomic mass is 32.2. The van der Waals surface area contributed by atoms with Crippen LogP contribution in [-0.4, -0.2) is 48.1 Å². The molecule has 1 N–H and O–H groups in total. The van der Waals surface area contributed by atoms with Crippen molar-refractivity contribution in [2.45, 2.75) is 51.4 Å². The molecule has 0 saturated carbocycles. The molecule has 0 amide bonds. The van der Waals surface area contributed by atoms with Crippen molar-refractivity contribution in [2.75, 3.05) is 25.9 Å². The summed E-state index contributed by atoms with van der Waals surface area (Å²) in [7, 11) is 0. The van der Waals surface area contributed by atoms with E-state index in [4.69, 9.17) is 0 Å². The molecular formula is C13H28N2S. The minimum Gasteiger partial charge on any atom is -0.311 e. The Morgan fingerprint density at radius 1 is 1.38 bits per heavy atom. The molecular weight excluding hydrogens is 216 g/mol. The Morgan fingerprint density at radius 3 is 2.56 bits per heavy atom. The van der Waals surface area contributed by atoms with Crippen molar-refractivity contribution in [1.29, 1.82) is 0 Å². The van der Waals surface area contributed by atoms with Gasteiger partial charge in [0, 0.05) is 37.0 Å². The molecule has 1 aliphatic rings. The van der Waals surface area contributed by atoms with Crippen molar-refractivity contribution in [3.63, 3.8) is 0 Å². The highest BCUT2D eigenvalue weighted by Crippen LogP contribution is 2.17. The third-order valence-electron chi connectivity index (χ3n) is 3.73. The van der Waals surface area contributed by atoms with Gasteiger partial charge in [-0.25, -0.2) is 0 Å². The van der Waals surface area contributed by atoms with Gasteiger partial charge in [-0.05, 0) is 18.6 Å². The lowest BCUT2D eigenvalue weighted by Crippen LogP contribution is -2.58. The van der Waals surface area contributed by atoms with Crippen LogP contribution in [0.1, 0.15) is 34.1 Å². The van der Waals surface area contributed by atoms with Gasteiger partial charge in [0.1, 0.15) is 0 Å². The van der Waals surface area contributed by atoms with E-state index in [-0.39, 0.29) is 0 Å². The van der Waals surface area contributed by atoms with Crippen molar-refractivity contribution in [1.82, 2.24) is 10.2 Å². The smallest absolute Gasteiger partial charge is 0.0219 e. The lowest BCUT2D eigenvalue weighted by Gasteiger charge is -2.42. The van der Waals surface area contributed by atoms with E-state index in [0.717, 1.165) is 17.2 Å². The van der Waals surface area contributed by atoms with E-state index in [0.29, 0.717) is 6.04 Å². The van der Waals surface area contributed by atoms with Gasteiger partial charge >= 0.3 is 0 Å². The number of hydrogen-bond acceptors (Lipinski definition) is 3. The molecule has 0 aromatic carbocycles. The number of piperazine rings is 1. The molecule has 0 radical (unpaired) electrons. The SMILES string of the molecule is CCC1CNC(C(C)C)CN1CC(C)SC. The third-order valence-corrected chi connectivity index (χ3v) is 4.69. The predicted molar refractivity (Wildman–Crippen MR) is 75.3 cm³/mol. The molecule has 0 aromatic heterocycles. The highest BCUT2D eigenvalue weighted by molar-refractivity contribution is 7.99. The lowest BCUT2D eigenvalue weighted by molar-refractivity contribution is 0.112. The first-order valence-corrected chi connectivity index (χ1v) is 7.87. The predicted octanol–water partition coefficient (Wildman–Crippen LogP) is 2.45. The van der Waals surface area contributed by atoms with Crippen LogP contribution in [0.4, 0.5) is 0 Å². The Bertz CT molecular complexity index is 196. The Hall–Kier alpha value is 0.270. The molecule has 0 spiro atoms. The number of nitrogens with zero attached hydrogens (tertiary/aromatic N) is 1. The molecule has 3 heteroatoms. The normalized spacial score (nSPS) is 29.6. The molecule has 0 aromatic rings. The van der Waals surface area contributed by atoms with Crippen LogP contribution >= 0.6 is 11.8 Å². The first kappa shape index (κ1) is 14.3. The van der Waals surface area contributed by atoms with E-state index < -0.39 is 0 Å². The quantitative estimate of drug-likeness (QED) is 0.800. The molecule has 0 aliphatic carbocycles. The van der Waals surface area contributed by atoms with Crippen LogP contribution in [0.5, 0.6) is 0 Å². The maximum Gasteiger partial charge on any atom is 0.0219 e. The van der Waals surface area contributed by atoms with Gasteiger partial charge in [0.05, 0.1) is 0 Å². The summed E-state index contributed by atoms with van der Waals surface area (Å²) in [5.74, 6) is 0.741. The summed E-state index contributed by atoms with van der Waals surface area (Å²) in [5, 5.41) is 4.44. The van der Waals surface area contributed by atoms with Crippen LogP contribution < -0.4 is 5.32 Å². The average molecular weight is 244 g/mol. The van der Waals surface area contributed by atoms with E-state index in [1.165, 1.54) is 26.1 Å². The lowest BCUT2D eigenvalue weighted by atomic mass is 9.98. The second kappa shape index (κ2) is 6.87. The van der Waals surface area contributed by atoms with Gasteiger partial charge in [-0.1, -0.05) is 27.7 Å². The molecule has 1 rings (SSSR count). The van der Waals surface area contributed by atoms with Gasteiger partial charge in [-0.2, -0.15) is 11.8 Å². The molecule has 1 heterocycles. The fourth-order valence-electron chi connectivity index (χ4n) is 2.36. The zero-order chi connectivity index (χ0) is 12.1. The second-order valence-corrected chi connectivity index (χ2v) is 6.60. The molecule has 96 valence electrons. The van der Waals surface area contributed by atoms with Crippen LogP contribution in [0.25, 0.3) is 0 Å². The van der Waals surface area contributed by atoms with Crippen molar-refractivity contribution >= 4 is 11.8 Å². The second-order valence-electron chi connectivity index (χ2n) is 5.32. The zero-order valence-electron chi connectivity index (χ0n) is 11.5. The van der Waals surface area contributed by atoms with Gasteiger partial charge in [-0.15, -0.1) is 0 Å². The number of nitrogens with one attached hydrogen (secondary N) is 1. The van der Waals surface area contributed by atoms with E-state index >= 15 is 0 Å². The maximum atomic E-state index is 3.69. The van der Waals surface area contributed by atoms with E-state index in [1.807, 2.05) is 11.8 Å². The topological polar surface area (TPSA) is 15.3 Å². The zero-order valence-corrected chi connectivity index (χ0v) is 12.3. The Kier molecular flexibility index (Phi) is 6.16. The number of hydrogen-bond donors (Lipinski definition) is 1. The summed E-state index contributed by atoms with van der Waals surface area (Å²) in [6.45, 7) is 12.9. The Morgan fingerprint density at radius 2 is 2.06 bits per heavy atom. The van der Waals surface area contributed by atoms with Crippen LogP contribution in [-0.2, 0) is 0 Å². The van der Waals surface area contributed by atoms with Gasteiger partial charge in [0.15, 0.2) is 0 Å². The minimum atomic E-state index is 0.678. The first-order valence-electron chi connectivity index (χ1n) is 6.58. The fraction of sp³-hybridized carbons (Fsp3) is 1.00. The fourth-order valence-corrected chi connectivity index (χ4v) is 2.70. The third kappa shape index (κ3) is 3.94. The van der Waals surface area contributed by atoms with Gasteiger partial charge in [-0.3, -0.25) is 4.90 Å². The molecule has 3 unspecified atom stereocenters. The summed E-state index contributed by atoms with van der Waals surface area (Å²) >= 11 is 1.98. The molecule has 3 atom stereocenters. The summed E-state index contributed by atoms with van der Waals surface area (Å²) in [4.78, 5) is 2.70. The first-order chi connectivity index (χ1) is 7.58. The van der Waals surface area contributed by atoms with Crippen LogP contribution in [0.2, 0.25) is 0 Å². The number of rotatable bonds is 5. The maximum absolute atomic E-state index is 3.69. The summed E-state index contributed by atoms with van der Waals surface area (Å²) in [5.41, 5.74) is 0. The van der Waals surface area contributed by atoms with Gasteiger partial charge in [0.25, 0.3) is 0 Å². The van der Waals surface area contributed by atoms with E-state index in [2.05, 4.69) is 44.2 Å². The molecule has 1 saturated heterocycles. The van der Waals surface area contributed by atoms with Crippen molar-refractivity contribution in [3.05, 3.63) is 0 Å². The monoisotopic (exact) mass is 244 g/mol. The van der Waals surface area contributed by atoms with Crippen molar-refractivity contribution in [3.8, 4) is 0 Å². The van der Waals surface area contributed by atoms with E-state index in [1.54, 1.807) is 0 Å². The van der Waals surface area contributed by atoms with Gasteiger partial charge in [0.2, 0.25) is 0 Å². The van der Waals surface area contributed by atoms with Crippen molar-refractivity contribution in [2.24, 2.45) is 5.92 Å². The number of thioether (sulfide) groups is 1. The molecule has 16 heavy (non-hydrogen) atoms. The van der Waals surface area contributed by atoms with Crippen molar-refractivity contribution < 1.29 is 0 Å². The van der Waals surface area contributed by atoms with Gasteiger partial charge < -0.3 is 5.32 Å². The van der Waals surface area contributed by atoms with Crippen LogP contribution in [0.15, 0.2) is 0 Å². The highest BCUT2D eigenvalue weighted by Gasteiger charge is 2.28. The van der Waals surface area contributed by atoms with Crippen LogP contribution in [0, 0.1) is 5.92 Å². The minimum absolute atomic E-state index is 0.678. The Balaban J connectivity index is 2.53. The Labute approximate surface area is 106 Å². The van der Waals surface area contributed by atoms with Crippen LogP contribution in [0.3, 0.4) is 0 Å². The summed E-state index contributed by atoms with van der Waals surface area (Å²) in [6.07, 6.45) is 3.48. The summed E-state index contributed by atoms with van der Waals surface area (Å²) < 4.78 is 0. The largest absolute Gasteiger partial charge is 0.311 e. The molecule has 1 fully saturated rings. The average Bonchev–Trinajstić information content (AvgIpc) is 2.28. The standard InChI is InChI=1S/C13H28N2S/c1-6-12-7-14-13(10(2)3)9-15(12)8-11(4)16-5/h10-14H,6-9H2,1-5H3. The molecule has 1 aliphatic heterocycles. The molecule has 0 bridgehead atoms.